The third-order valence-electron chi connectivity index (χ3n) is 3.48. The molecule has 0 amide bonds. The maximum Gasteiger partial charge on any atom is 0.303 e. The number of ether oxygens (including phenoxy) is 6. The highest BCUT2D eigenvalue weighted by molar-refractivity contribution is 5.68. The smallest absolute Gasteiger partial charge is 0.303 e. The Morgan fingerprint density at radius 2 is 1.45 bits per heavy atom. The summed E-state index contributed by atoms with van der Waals surface area (Å²) < 4.78 is 31.7. The quantitative estimate of drug-likeness (QED) is 0.128. The van der Waals surface area contributed by atoms with Crippen molar-refractivity contribution in [1.29, 1.82) is 0 Å². The minimum absolute atomic E-state index is 0.0522. The molecule has 0 spiro atoms. The minimum Gasteiger partial charge on any atom is -0.463 e. The highest BCUT2D eigenvalue weighted by Gasteiger charge is 2.52. The molecule has 0 aromatic carbocycles. The maximum absolute atomic E-state index is 11.6. The van der Waals surface area contributed by atoms with Crippen LogP contribution < -0.4 is 0 Å². The monoisotopic (exact) mass is 417 g/mol. The van der Waals surface area contributed by atoms with Gasteiger partial charge in [0.25, 0.3) is 0 Å². The molecule has 1 fully saturated rings. The first kappa shape index (κ1) is 24.1. The highest BCUT2D eigenvalue weighted by Crippen LogP contribution is 2.29. The lowest BCUT2D eigenvalue weighted by Crippen LogP contribution is -2.63. The number of hydrogen-bond donors (Lipinski definition) is 0. The van der Waals surface area contributed by atoms with E-state index in [2.05, 4.69) is 10.0 Å². The second kappa shape index (κ2) is 11.8. The molecule has 0 radical (unpaired) electrons. The molecule has 13 heteroatoms. The van der Waals surface area contributed by atoms with Gasteiger partial charge in [0.05, 0.1) is 6.61 Å². The van der Waals surface area contributed by atoms with Crippen LogP contribution in [-0.4, -0.2) is 74.3 Å². The molecule has 0 N–H and O–H groups in total. The summed E-state index contributed by atoms with van der Waals surface area (Å²) in [6.07, 6.45) is -6.25. The first-order valence-electron chi connectivity index (χ1n) is 8.58. The van der Waals surface area contributed by atoms with Crippen LogP contribution in [0.3, 0.4) is 0 Å². The molecular formula is C16H23N3O10. The van der Waals surface area contributed by atoms with Crippen molar-refractivity contribution in [3.8, 4) is 0 Å². The lowest BCUT2D eigenvalue weighted by molar-refractivity contribution is -0.307. The van der Waals surface area contributed by atoms with Crippen LogP contribution in [0.5, 0.6) is 0 Å². The number of hydrogen-bond acceptors (Lipinski definition) is 11. The number of nitrogens with zero attached hydrogens (tertiary/aromatic N) is 3. The van der Waals surface area contributed by atoms with Gasteiger partial charge in [-0.3, -0.25) is 19.2 Å². The van der Waals surface area contributed by atoms with Crippen LogP contribution in [0.1, 0.15) is 27.7 Å². The van der Waals surface area contributed by atoms with Crippen LogP contribution in [-0.2, 0) is 47.6 Å². The summed E-state index contributed by atoms with van der Waals surface area (Å²) >= 11 is 0. The van der Waals surface area contributed by atoms with Gasteiger partial charge < -0.3 is 28.4 Å². The zero-order chi connectivity index (χ0) is 22.0. The molecule has 162 valence electrons. The average molecular weight is 417 g/mol. The molecule has 1 rings (SSSR count). The van der Waals surface area contributed by atoms with Crippen molar-refractivity contribution in [2.45, 2.75) is 58.4 Å². The summed E-state index contributed by atoms with van der Waals surface area (Å²) in [5.41, 5.74) is 8.35. The fourth-order valence-electron chi connectivity index (χ4n) is 2.58. The van der Waals surface area contributed by atoms with E-state index >= 15 is 0 Å². The van der Waals surface area contributed by atoms with Crippen molar-refractivity contribution in [3.63, 3.8) is 0 Å². The summed E-state index contributed by atoms with van der Waals surface area (Å²) in [5, 5.41) is 3.31. The fraction of sp³-hybridized carbons (Fsp3) is 0.750. The van der Waals surface area contributed by atoms with E-state index in [1.807, 2.05) is 0 Å². The average Bonchev–Trinajstić information content (AvgIpc) is 2.60. The van der Waals surface area contributed by atoms with E-state index in [4.69, 9.17) is 34.0 Å². The summed E-state index contributed by atoms with van der Waals surface area (Å²) in [7, 11) is 0. The van der Waals surface area contributed by atoms with E-state index in [9.17, 15) is 19.2 Å². The van der Waals surface area contributed by atoms with Crippen molar-refractivity contribution < 1.29 is 47.6 Å². The second-order valence-corrected chi connectivity index (χ2v) is 5.89. The van der Waals surface area contributed by atoms with Crippen molar-refractivity contribution in [1.82, 2.24) is 0 Å². The molecule has 13 nitrogen and oxygen atoms in total. The number of rotatable bonds is 9. The van der Waals surface area contributed by atoms with Crippen LogP contribution in [0.15, 0.2) is 5.11 Å². The Bertz CT molecular complexity index is 663. The first-order valence-corrected chi connectivity index (χ1v) is 8.58. The van der Waals surface area contributed by atoms with Crippen molar-refractivity contribution >= 4 is 23.9 Å². The van der Waals surface area contributed by atoms with Crippen LogP contribution >= 0.6 is 0 Å². The predicted molar refractivity (Wildman–Crippen MR) is 91.9 cm³/mol. The Labute approximate surface area is 166 Å². The maximum atomic E-state index is 11.6. The van der Waals surface area contributed by atoms with Gasteiger partial charge in [0.2, 0.25) is 0 Å². The lowest BCUT2D eigenvalue weighted by Gasteiger charge is -2.44. The molecule has 0 aromatic rings. The van der Waals surface area contributed by atoms with E-state index in [0.29, 0.717) is 0 Å². The van der Waals surface area contributed by atoms with Crippen molar-refractivity contribution in [2.24, 2.45) is 5.11 Å². The van der Waals surface area contributed by atoms with Crippen LogP contribution in [0.4, 0.5) is 0 Å². The van der Waals surface area contributed by atoms with Gasteiger partial charge >= 0.3 is 23.9 Å². The molecule has 0 bridgehead atoms. The molecular weight excluding hydrogens is 394 g/mol. The molecule has 1 heterocycles. The number of azide groups is 1. The Hall–Kier alpha value is -2.89. The zero-order valence-electron chi connectivity index (χ0n) is 16.4. The van der Waals surface area contributed by atoms with E-state index in [0.717, 1.165) is 20.8 Å². The molecule has 0 saturated carbocycles. The summed E-state index contributed by atoms with van der Waals surface area (Å²) in [4.78, 5) is 48.5. The standard InChI is InChI=1S/C16H23N3O10/c1-8(20)25-7-12-13(26-9(2)21)14(27-10(3)22)15(28-11(4)23)16(29-12)24-6-5-18-19-17/h12-16H,5-7H2,1-4H3/t12-,13-,14?,15?,16-/m1/s1. The predicted octanol–water partition coefficient (Wildman–Crippen LogP) is 0.396. The van der Waals surface area contributed by atoms with Gasteiger partial charge in [-0.25, -0.2) is 0 Å². The summed E-state index contributed by atoms with van der Waals surface area (Å²) in [6.45, 7) is 4.01. The first-order chi connectivity index (χ1) is 13.6. The number of esters is 4. The van der Waals surface area contributed by atoms with Crippen LogP contribution in [0.25, 0.3) is 10.4 Å². The van der Waals surface area contributed by atoms with E-state index in [1.54, 1.807) is 0 Å². The molecule has 0 aliphatic carbocycles. The van der Waals surface area contributed by atoms with Gasteiger partial charge in [-0.2, -0.15) is 0 Å². The molecule has 5 atom stereocenters. The Balaban J connectivity index is 3.22. The molecule has 29 heavy (non-hydrogen) atoms. The van der Waals surface area contributed by atoms with E-state index in [1.165, 1.54) is 6.92 Å². The highest BCUT2D eigenvalue weighted by atomic mass is 16.7. The topological polar surface area (TPSA) is 172 Å². The van der Waals surface area contributed by atoms with Gasteiger partial charge in [-0.05, 0) is 5.53 Å². The summed E-state index contributed by atoms with van der Waals surface area (Å²) in [5.74, 6) is -2.83. The molecule has 2 unspecified atom stereocenters. The molecule has 1 saturated heterocycles. The van der Waals surface area contributed by atoms with Gasteiger partial charge in [-0.15, -0.1) is 0 Å². The third-order valence-corrected chi connectivity index (χ3v) is 3.48. The number of carbonyl (C=O) groups is 4. The van der Waals surface area contributed by atoms with Gasteiger partial charge in [-0.1, -0.05) is 5.11 Å². The van der Waals surface area contributed by atoms with Gasteiger partial charge in [0, 0.05) is 39.2 Å². The van der Waals surface area contributed by atoms with E-state index in [-0.39, 0.29) is 19.8 Å². The third kappa shape index (κ3) is 8.34. The van der Waals surface area contributed by atoms with Crippen LogP contribution in [0, 0.1) is 0 Å². The minimum atomic E-state index is -1.31. The molecule has 1 aliphatic rings. The van der Waals surface area contributed by atoms with Gasteiger partial charge in [0.15, 0.2) is 24.6 Å². The SMILES string of the molecule is CC(=O)OC[C@H]1O[C@@H](OCCN=[N+]=[N-])C(OC(C)=O)C(OC(C)=O)[C@@H]1OC(C)=O. The van der Waals surface area contributed by atoms with Gasteiger partial charge in [0.1, 0.15) is 12.7 Å². The molecule has 1 aliphatic heterocycles. The molecule has 0 aromatic heterocycles. The lowest BCUT2D eigenvalue weighted by atomic mass is 9.98. The van der Waals surface area contributed by atoms with E-state index < -0.39 is 54.6 Å². The second-order valence-electron chi connectivity index (χ2n) is 5.89. The zero-order valence-corrected chi connectivity index (χ0v) is 16.4. The Kier molecular flexibility index (Phi) is 9.86. The van der Waals surface area contributed by atoms with Crippen molar-refractivity contribution in [2.75, 3.05) is 19.8 Å². The fourth-order valence-corrected chi connectivity index (χ4v) is 2.58. The van der Waals surface area contributed by atoms with Crippen LogP contribution in [0.2, 0.25) is 0 Å². The Morgan fingerprint density at radius 3 is 1.97 bits per heavy atom. The number of carbonyl (C=O) groups excluding carboxylic acids is 4. The Morgan fingerprint density at radius 1 is 0.897 bits per heavy atom. The largest absolute Gasteiger partial charge is 0.463 e. The van der Waals surface area contributed by atoms with Crippen molar-refractivity contribution in [3.05, 3.63) is 10.4 Å². The normalized spacial score (nSPS) is 25.9. The summed E-state index contributed by atoms with van der Waals surface area (Å²) in [6, 6.07) is 0.